The number of rotatable bonds is 4. The van der Waals surface area contributed by atoms with Crippen LogP contribution in [0.25, 0.3) is 10.7 Å². The van der Waals surface area contributed by atoms with Crippen molar-refractivity contribution in [1.82, 2.24) is 19.6 Å². The Morgan fingerprint density at radius 1 is 1.00 bits per heavy atom. The van der Waals surface area contributed by atoms with Gasteiger partial charge in [0.25, 0.3) is 0 Å². The Labute approximate surface area is 184 Å². The molecule has 0 atom stereocenters. The maximum Gasteiger partial charge on any atom is 0.310 e. The molecule has 0 saturated carbocycles. The van der Waals surface area contributed by atoms with Crippen LogP contribution in [0, 0.1) is 18.3 Å². The van der Waals surface area contributed by atoms with E-state index in [1.165, 1.54) is 11.5 Å². The van der Waals surface area contributed by atoms with Crippen LogP contribution in [0.4, 0.5) is 25.2 Å². The highest BCUT2D eigenvalue weighted by Gasteiger charge is 2.65. The van der Waals surface area contributed by atoms with Gasteiger partial charge in [-0.2, -0.15) is 9.64 Å². The first-order valence-electron chi connectivity index (χ1n) is 9.45. The minimum Gasteiger partial charge on any atom is -0.355 e. The predicted molar refractivity (Wildman–Crippen MR) is 112 cm³/mol. The summed E-state index contributed by atoms with van der Waals surface area (Å²) in [6.07, 6.45) is 0.608. The van der Waals surface area contributed by atoms with Crippen molar-refractivity contribution in [2.24, 2.45) is 0 Å². The van der Waals surface area contributed by atoms with E-state index in [1.54, 1.807) is 19.1 Å². The summed E-state index contributed by atoms with van der Waals surface area (Å²) in [5.74, 6) is 1.24. The highest BCUT2D eigenvalue weighted by molar-refractivity contribution is 8.45. The van der Waals surface area contributed by atoms with Gasteiger partial charge in [-0.25, -0.2) is 4.98 Å². The highest BCUT2D eigenvalue weighted by Crippen LogP contribution is 3.02. The molecule has 1 saturated heterocycles. The lowest BCUT2D eigenvalue weighted by Crippen LogP contribution is -2.42. The van der Waals surface area contributed by atoms with E-state index in [1.807, 2.05) is 4.90 Å². The van der Waals surface area contributed by atoms with Crippen LogP contribution in [0.2, 0.25) is 0 Å². The van der Waals surface area contributed by atoms with Crippen LogP contribution in [0.1, 0.15) is 24.2 Å². The van der Waals surface area contributed by atoms with Gasteiger partial charge in [0.2, 0.25) is 0 Å². The van der Waals surface area contributed by atoms with E-state index >= 15 is 0 Å². The van der Waals surface area contributed by atoms with Crippen LogP contribution in [0.15, 0.2) is 41.3 Å². The van der Waals surface area contributed by atoms with Crippen molar-refractivity contribution in [3.05, 3.63) is 47.8 Å². The maximum absolute atomic E-state index is 13.0. The summed E-state index contributed by atoms with van der Waals surface area (Å²) in [7, 11) is -9.75. The van der Waals surface area contributed by atoms with E-state index in [4.69, 9.17) is 0 Å². The third-order valence-corrected chi connectivity index (χ3v) is 7.40. The Balaban J connectivity index is 1.49. The first kappa shape index (κ1) is 22.3. The van der Waals surface area contributed by atoms with Crippen molar-refractivity contribution in [3.8, 4) is 16.8 Å². The normalized spacial score (nSPS) is 18.5. The fourth-order valence-corrected chi connectivity index (χ4v) is 4.91. The quantitative estimate of drug-likeness (QED) is 0.418. The first-order chi connectivity index (χ1) is 14.8. The second-order valence-electron chi connectivity index (χ2n) is 7.60. The van der Waals surface area contributed by atoms with Gasteiger partial charge >= 0.3 is 10.2 Å². The third kappa shape index (κ3) is 4.37. The van der Waals surface area contributed by atoms with Crippen molar-refractivity contribution >= 4 is 27.6 Å². The van der Waals surface area contributed by atoms with Crippen molar-refractivity contribution < 1.29 is 19.4 Å². The average molecular weight is 489 g/mol. The molecule has 1 aliphatic heterocycles. The fourth-order valence-electron chi connectivity index (χ4n) is 3.62. The summed E-state index contributed by atoms with van der Waals surface area (Å²) in [5, 5.41) is 18.8. The molecule has 32 heavy (non-hydrogen) atoms. The number of halogens is 5. The van der Waals surface area contributed by atoms with Crippen LogP contribution >= 0.6 is 21.8 Å². The molecule has 0 spiro atoms. The van der Waals surface area contributed by atoms with Crippen LogP contribution in [-0.2, 0) is 5.41 Å². The minimum absolute atomic E-state index is 0.290. The predicted octanol–water partition coefficient (Wildman–Crippen LogP) is 6.02. The molecule has 1 fully saturated rings. The molecule has 0 unspecified atom stereocenters. The molecule has 1 aliphatic rings. The SMILES string of the molecule is Cc1nsc(-c2ccc(N3CCC(C#N)(c4ccc(S(F)(F)(F)(F)F)cc4)CC3)nn2)n1. The lowest BCUT2D eigenvalue weighted by molar-refractivity contribution is 0.363. The maximum atomic E-state index is 13.0. The molecule has 6 nitrogen and oxygen atoms in total. The zero-order valence-electron chi connectivity index (χ0n) is 16.7. The number of nitrogens with zero attached hydrogens (tertiary/aromatic N) is 6. The summed E-state index contributed by atoms with van der Waals surface area (Å²) >= 11 is 1.22. The summed E-state index contributed by atoms with van der Waals surface area (Å²) in [4.78, 5) is 4.22. The number of nitriles is 1. The molecule has 2 aromatic heterocycles. The molecular formula is C19H17F5N6S2. The topological polar surface area (TPSA) is 78.6 Å². The Morgan fingerprint density at radius 3 is 2.12 bits per heavy atom. The van der Waals surface area contributed by atoms with E-state index in [9.17, 15) is 24.7 Å². The summed E-state index contributed by atoms with van der Waals surface area (Å²) in [5.41, 5.74) is -0.186. The Morgan fingerprint density at radius 2 is 1.66 bits per heavy atom. The van der Waals surface area contributed by atoms with Crippen LogP contribution in [0.3, 0.4) is 0 Å². The van der Waals surface area contributed by atoms with Crippen LogP contribution < -0.4 is 4.90 Å². The molecule has 0 bridgehead atoms. The summed E-state index contributed by atoms with van der Waals surface area (Å²) in [6.45, 7) is 2.59. The van der Waals surface area contributed by atoms with Gasteiger partial charge in [0.05, 0.1) is 11.5 Å². The monoisotopic (exact) mass is 488 g/mol. The number of piperidine rings is 1. The van der Waals surface area contributed by atoms with Gasteiger partial charge in [0.15, 0.2) is 10.8 Å². The Kier molecular flexibility index (Phi) is 4.76. The molecular weight excluding hydrogens is 471 g/mol. The van der Waals surface area contributed by atoms with Crippen molar-refractivity contribution in [2.75, 3.05) is 18.0 Å². The zero-order chi connectivity index (χ0) is 23.3. The minimum atomic E-state index is -9.75. The van der Waals surface area contributed by atoms with E-state index in [-0.39, 0.29) is 0 Å². The van der Waals surface area contributed by atoms with Gasteiger partial charge in [-0.15, -0.1) is 10.2 Å². The molecule has 3 aromatic rings. The molecule has 0 amide bonds. The van der Waals surface area contributed by atoms with Gasteiger partial charge in [-0.3, -0.25) is 0 Å². The van der Waals surface area contributed by atoms with Gasteiger partial charge in [0, 0.05) is 13.1 Å². The lowest BCUT2D eigenvalue weighted by atomic mass is 9.74. The Bertz CT molecular complexity index is 1180. The molecule has 1 aromatic carbocycles. The molecule has 3 heterocycles. The smallest absolute Gasteiger partial charge is 0.310 e. The largest absolute Gasteiger partial charge is 0.355 e. The van der Waals surface area contributed by atoms with Crippen LogP contribution in [0.5, 0.6) is 0 Å². The van der Waals surface area contributed by atoms with E-state index in [0.29, 0.717) is 66.0 Å². The number of aryl methyl sites for hydroxylation is 1. The molecule has 0 N–H and O–H groups in total. The van der Waals surface area contributed by atoms with E-state index < -0.39 is 20.5 Å². The second-order valence-corrected chi connectivity index (χ2v) is 10.8. The molecule has 170 valence electrons. The van der Waals surface area contributed by atoms with Crippen LogP contribution in [-0.4, -0.2) is 32.6 Å². The Hall–Kier alpha value is -2.85. The molecule has 4 rings (SSSR count). The molecule has 0 radical (unpaired) electrons. The van der Waals surface area contributed by atoms with Gasteiger partial charge in [-0.1, -0.05) is 31.6 Å². The summed E-state index contributed by atoms with van der Waals surface area (Å²) < 4.78 is 69.0. The number of anilines is 1. The molecule has 13 heteroatoms. The molecule has 0 aliphatic carbocycles. The van der Waals surface area contributed by atoms with Crippen molar-refractivity contribution in [2.45, 2.75) is 30.1 Å². The first-order valence-corrected chi connectivity index (χ1v) is 12.2. The average Bonchev–Trinajstić information content (AvgIpc) is 3.19. The number of benzene rings is 1. The van der Waals surface area contributed by atoms with Crippen molar-refractivity contribution in [3.63, 3.8) is 0 Å². The highest BCUT2D eigenvalue weighted by atomic mass is 32.5. The number of hydrogen-bond acceptors (Lipinski definition) is 7. The fraction of sp³-hybridized carbons (Fsp3) is 0.316. The van der Waals surface area contributed by atoms with Gasteiger partial charge < -0.3 is 4.90 Å². The number of hydrogen-bond donors (Lipinski definition) is 0. The standard InChI is InChI=1S/C19H17F5N6S2/c1-13-26-18(31-29-13)16-6-7-17(28-27-16)30-10-8-19(12-25,9-11-30)14-2-4-15(5-3-14)32(20,21,22,23)24/h2-7H,8-11H2,1H3. The van der Waals surface area contributed by atoms with Gasteiger partial charge in [-0.05, 0) is 61.1 Å². The van der Waals surface area contributed by atoms with E-state index in [0.717, 1.165) is 12.1 Å². The third-order valence-electron chi connectivity index (χ3n) is 5.40. The second kappa shape index (κ2) is 6.82. The van der Waals surface area contributed by atoms with Gasteiger partial charge in [0.1, 0.15) is 16.4 Å². The summed E-state index contributed by atoms with van der Waals surface area (Å²) in [6, 6.07) is 8.41. The zero-order valence-corrected chi connectivity index (χ0v) is 18.3. The van der Waals surface area contributed by atoms with Crippen molar-refractivity contribution in [1.29, 1.82) is 5.26 Å². The lowest BCUT2D eigenvalue weighted by Gasteiger charge is -2.41. The number of aromatic nitrogens is 4. The van der Waals surface area contributed by atoms with E-state index in [2.05, 4.69) is 25.6 Å².